The van der Waals surface area contributed by atoms with E-state index in [1.807, 2.05) is 51.1 Å². The Hall–Kier alpha value is -2.76. The molecule has 0 unspecified atom stereocenters. The van der Waals surface area contributed by atoms with Crippen LogP contribution in [0.15, 0.2) is 54.6 Å². The van der Waals surface area contributed by atoms with Crippen LogP contribution >= 0.6 is 0 Å². The van der Waals surface area contributed by atoms with Gasteiger partial charge < -0.3 is 4.74 Å². The largest absolute Gasteiger partial charge is 0.573 e. The number of aromatic nitrogens is 1. The molecular weight excluding hydrogens is 329 g/mol. The normalized spacial score (nSPS) is 10.8. The minimum absolute atomic E-state index is 0.248. The van der Waals surface area contributed by atoms with Crippen LogP contribution in [0, 0.1) is 6.92 Å². The maximum Gasteiger partial charge on any atom is 0.573 e. The molecule has 0 spiro atoms. The number of rotatable bonds is 3. The van der Waals surface area contributed by atoms with Gasteiger partial charge in [0.1, 0.15) is 17.0 Å². The van der Waals surface area contributed by atoms with Gasteiger partial charge in [-0.3, -0.25) is 0 Å². The third kappa shape index (κ3) is 5.11. The molecule has 0 radical (unpaired) electrons. The second-order valence-electron chi connectivity index (χ2n) is 5.11. The Labute approximate surface area is 144 Å². The van der Waals surface area contributed by atoms with Crippen LogP contribution in [-0.2, 0) is 0 Å². The van der Waals surface area contributed by atoms with Crippen molar-refractivity contribution in [2.75, 3.05) is 5.32 Å². The Morgan fingerprint density at radius 2 is 1.60 bits per heavy atom. The highest BCUT2D eigenvalue weighted by molar-refractivity contribution is 5.78. The molecule has 2 N–H and O–H groups in total. The highest BCUT2D eigenvalue weighted by Gasteiger charge is 2.31. The van der Waals surface area contributed by atoms with Crippen molar-refractivity contribution >= 4 is 22.4 Å². The molecule has 132 valence electrons. The lowest BCUT2D eigenvalue weighted by Gasteiger charge is -2.09. The molecule has 6 heteroatoms. The number of nitrogens with one attached hydrogen (secondary N) is 2. The molecular formula is C19H20F3N2O+. The molecule has 0 amide bonds. The lowest BCUT2D eigenvalue weighted by Crippen LogP contribution is -2.17. The first-order valence-electron chi connectivity index (χ1n) is 7.95. The van der Waals surface area contributed by atoms with Gasteiger partial charge in [-0.2, -0.15) is 0 Å². The molecule has 0 atom stereocenters. The average Bonchev–Trinajstić information content (AvgIpc) is 2.58. The Balaban J connectivity index is 0.00000109. The highest BCUT2D eigenvalue weighted by Crippen LogP contribution is 2.25. The molecule has 1 aromatic heterocycles. The van der Waals surface area contributed by atoms with Crippen LogP contribution in [0.3, 0.4) is 0 Å². The number of anilines is 2. The van der Waals surface area contributed by atoms with Crippen molar-refractivity contribution in [3.05, 3.63) is 60.2 Å². The fourth-order valence-corrected chi connectivity index (χ4v) is 2.29. The minimum Gasteiger partial charge on any atom is -0.406 e. The molecule has 0 fully saturated rings. The lowest BCUT2D eigenvalue weighted by atomic mass is 10.1. The maximum atomic E-state index is 12.1. The van der Waals surface area contributed by atoms with Crippen molar-refractivity contribution in [3.63, 3.8) is 0 Å². The van der Waals surface area contributed by atoms with Crippen molar-refractivity contribution in [3.8, 4) is 5.75 Å². The van der Waals surface area contributed by atoms with Gasteiger partial charge in [0.15, 0.2) is 0 Å². The van der Waals surface area contributed by atoms with Crippen molar-refractivity contribution < 1.29 is 22.9 Å². The van der Waals surface area contributed by atoms with Gasteiger partial charge in [0.05, 0.1) is 0 Å². The molecule has 0 aliphatic heterocycles. The second kappa shape index (κ2) is 7.88. The minimum atomic E-state index is -4.68. The summed E-state index contributed by atoms with van der Waals surface area (Å²) in [6.07, 6.45) is -4.68. The molecule has 3 nitrogen and oxygen atoms in total. The lowest BCUT2D eigenvalue weighted by molar-refractivity contribution is -0.327. The molecule has 0 bridgehead atoms. The number of halogens is 3. The fraction of sp³-hybridized carbons (Fsp3) is 0.211. The molecule has 0 saturated heterocycles. The monoisotopic (exact) mass is 349 g/mol. The zero-order chi connectivity index (χ0) is 18.4. The Morgan fingerprint density at radius 1 is 0.960 bits per heavy atom. The molecule has 0 aliphatic carbocycles. The number of pyridine rings is 1. The molecule has 2 aromatic carbocycles. The van der Waals surface area contributed by atoms with E-state index in [1.54, 1.807) is 0 Å². The van der Waals surface area contributed by atoms with Crippen LogP contribution in [0.25, 0.3) is 10.9 Å². The van der Waals surface area contributed by atoms with E-state index in [0.717, 1.165) is 22.3 Å². The summed E-state index contributed by atoms with van der Waals surface area (Å²) < 4.78 is 40.3. The Kier molecular flexibility index (Phi) is 5.85. The van der Waals surface area contributed by atoms with Gasteiger partial charge >= 0.3 is 6.36 Å². The SMILES string of the molecule is CC.Cc1cc2ccccc2[nH+]c1Nc1ccc(OC(F)(F)F)cc1. The number of ether oxygens (including phenoxy) is 1. The van der Waals surface area contributed by atoms with Gasteiger partial charge in [0.25, 0.3) is 5.82 Å². The van der Waals surface area contributed by atoms with E-state index in [1.165, 1.54) is 24.3 Å². The first-order valence-corrected chi connectivity index (χ1v) is 7.95. The first-order chi connectivity index (χ1) is 11.9. The predicted octanol–water partition coefficient (Wildman–Crippen LogP) is 5.63. The molecule has 3 aromatic rings. The third-order valence-electron chi connectivity index (χ3n) is 3.34. The smallest absolute Gasteiger partial charge is 0.406 e. The first kappa shape index (κ1) is 18.6. The van der Waals surface area contributed by atoms with Gasteiger partial charge in [-0.1, -0.05) is 32.0 Å². The standard InChI is InChI=1S/C17H13F3N2O.C2H6/c1-11-10-12-4-2-3-5-15(12)22-16(11)21-13-6-8-14(9-7-13)23-17(18,19)20;1-2/h2-10H,1H3,(H,21,22);1-2H3/p+1. The molecule has 25 heavy (non-hydrogen) atoms. The van der Waals surface area contributed by atoms with Crippen LogP contribution in [0.5, 0.6) is 5.75 Å². The summed E-state index contributed by atoms with van der Waals surface area (Å²) in [4.78, 5) is 3.27. The average molecular weight is 349 g/mol. The van der Waals surface area contributed by atoms with Crippen LogP contribution in [0.2, 0.25) is 0 Å². The van der Waals surface area contributed by atoms with E-state index >= 15 is 0 Å². The summed E-state index contributed by atoms with van der Waals surface area (Å²) in [6.45, 7) is 5.95. The predicted molar refractivity (Wildman–Crippen MR) is 93.0 cm³/mol. The van der Waals surface area contributed by atoms with Crippen molar-refractivity contribution in [2.24, 2.45) is 0 Å². The number of fused-ring (bicyclic) bond motifs is 1. The Morgan fingerprint density at radius 3 is 2.24 bits per heavy atom. The fourth-order valence-electron chi connectivity index (χ4n) is 2.29. The van der Waals surface area contributed by atoms with Crippen molar-refractivity contribution in [1.29, 1.82) is 0 Å². The number of H-pyrrole nitrogens is 1. The van der Waals surface area contributed by atoms with Crippen molar-refractivity contribution in [1.82, 2.24) is 0 Å². The van der Waals surface area contributed by atoms with Crippen LogP contribution in [0.1, 0.15) is 19.4 Å². The number of alkyl halides is 3. The van der Waals surface area contributed by atoms with E-state index < -0.39 is 6.36 Å². The van der Waals surface area contributed by atoms with Gasteiger partial charge in [0.2, 0.25) is 0 Å². The molecule has 0 aliphatic rings. The van der Waals surface area contributed by atoms with E-state index in [9.17, 15) is 13.2 Å². The zero-order valence-corrected chi connectivity index (χ0v) is 14.2. The summed E-state index contributed by atoms with van der Waals surface area (Å²) >= 11 is 0. The number of benzene rings is 2. The van der Waals surface area contributed by atoms with E-state index in [-0.39, 0.29) is 5.75 Å². The summed E-state index contributed by atoms with van der Waals surface area (Å²) in [5.41, 5.74) is 2.63. The number of hydrogen-bond donors (Lipinski definition) is 1. The Bertz CT molecular complexity index is 830. The number of hydrogen-bond acceptors (Lipinski definition) is 2. The molecule has 0 saturated carbocycles. The van der Waals surface area contributed by atoms with Crippen LogP contribution < -0.4 is 15.0 Å². The maximum absolute atomic E-state index is 12.1. The van der Waals surface area contributed by atoms with Gasteiger partial charge in [-0.05, 0) is 43.3 Å². The second-order valence-corrected chi connectivity index (χ2v) is 5.11. The van der Waals surface area contributed by atoms with Gasteiger partial charge in [-0.15, -0.1) is 13.2 Å². The third-order valence-corrected chi connectivity index (χ3v) is 3.34. The van der Waals surface area contributed by atoms with Crippen molar-refractivity contribution in [2.45, 2.75) is 27.1 Å². The summed E-state index contributed by atoms with van der Waals surface area (Å²) in [5.74, 6) is 0.537. The zero-order valence-electron chi connectivity index (χ0n) is 14.2. The van der Waals surface area contributed by atoms with Gasteiger partial charge in [-0.25, -0.2) is 10.3 Å². The summed E-state index contributed by atoms with van der Waals surface area (Å²) in [6, 6.07) is 15.5. The number of para-hydroxylation sites is 1. The molecule has 1 heterocycles. The quantitative estimate of drug-likeness (QED) is 0.665. The van der Waals surface area contributed by atoms with E-state index in [4.69, 9.17) is 0 Å². The topological polar surface area (TPSA) is 35.4 Å². The van der Waals surface area contributed by atoms with E-state index in [0.29, 0.717) is 5.69 Å². The number of aromatic amines is 1. The molecule has 3 rings (SSSR count). The van der Waals surface area contributed by atoms with E-state index in [2.05, 4.69) is 15.0 Å². The van der Waals surface area contributed by atoms with Crippen LogP contribution in [0.4, 0.5) is 24.7 Å². The summed E-state index contributed by atoms with van der Waals surface area (Å²) in [7, 11) is 0. The van der Waals surface area contributed by atoms with Gasteiger partial charge in [0, 0.05) is 10.9 Å². The highest BCUT2D eigenvalue weighted by atomic mass is 19.4. The van der Waals surface area contributed by atoms with Crippen LogP contribution in [-0.4, -0.2) is 6.36 Å². The summed E-state index contributed by atoms with van der Waals surface area (Å²) in [5, 5.41) is 4.25. The number of aryl methyl sites for hydroxylation is 1.